The topological polar surface area (TPSA) is 47.4 Å². The highest BCUT2D eigenvalue weighted by Gasteiger charge is 2.23. The molecule has 0 saturated carbocycles. The van der Waals surface area contributed by atoms with E-state index in [0.717, 1.165) is 44.5 Å². The number of aryl methyl sites for hydroxylation is 2. The SMILES string of the molecule is COCCCC1CCCN(C(=O)CCc2cnn(C)c2)C1. The van der Waals surface area contributed by atoms with Crippen LogP contribution in [0.2, 0.25) is 0 Å². The average molecular weight is 293 g/mol. The third-order valence-electron chi connectivity index (χ3n) is 4.22. The molecule has 2 heterocycles. The molecule has 2 rings (SSSR count). The van der Waals surface area contributed by atoms with Gasteiger partial charge in [-0.1, -0.05) is 0 Å². The van der Waals surface area contributed by atoms with Gasteiger partial charge in [0.25, 0.3) is 0 Å². The van der Waals surface area contributed by atoms with Crippen LogP contribution in [-0.4, -0.2) is 47.4 Å². The molecule has 0 radical (unpaired) electrons. The summed E-state index contributed by atoms with van der Waals surface area (Å²) in [5, 5.41) is 4.14. The van der Waals surface area contributed by atoms with Gasteiger partial charge in [0, 0.05) is 46.5 Å². The molecule has 1 aromatic heterocycles. The highest BCUT2D eigenvalue weighted by Crippen LogP contribution is 2.21. The number of nitrogens with zero attached hydrogens (tertiary/aromatic N) is 3. The first kappa shape index (κ1) is 16.0. The van der Waals surface area contributed by atoms with Gasteiger partial charge >= 0.3 is 0 Å². The highest BCUT2D eigenvalue weighted by molar-refractivity contribution is 5.76. The second-order valence-corrected chi connectivity index (χ2v) is 6.01. The predicted octanol–water partition coefficient (Wildman–Crippen LogP) is 2.02. The lowest BCUT2D eigenvalue weighted by molar-refractivity contribution is -0.133. The van der Waals surface area contributed by atoms with E-state index in [-0.39, 0.29) is 5.91 Å². The Morgan fingerprint density at radius 2 is 2.38 bits per heavy atom. The standard InChI is InChI=1S/C16H27N3O2/c1-18-12-15(11-17-18)7-8-16(20)19-9-3-5-14(13-19)6-4-10-21-2/h11-12,14H,3-10,13H2,1-2H3. The van der Waals surface area contributed by atoms with Crippen molar-refractivity contribution in [2.24, 2.45) is 13.0 Å². The zero-order valence-corrected chi connectivity index (χ0v) is 13.3. The van der Waals surface area contributed by atoms with Crippen molar-refractivity contribution in [2.45, 2.75) is 38.5 Å². The zero-order chi connectivity index (χ0) is 15.1. The molecule has 0 bridgehead atoms. The number of hydrogen-bond donors (Lipinski definition) is 0. The summed E-state index contributed by atoms with van der Waals surface area (Å²) >= 11 is 0. The molecule has 0 aromatic carbocycles. The van der Waals surface area contributed by atoms with Gasteiger partial charge in [-0.3, -0.25) is 9.48 Å². The number of carbonyl (C=O) groups is 1. The van der Waals surface area contributed by atoms with E-state index in [1.807, 2.05) is 19.4 Å². The number of ether oxygens (including phenoxy) is 1. The van der Waals surface area contributed by atoms with Crippen LogP contribution in [0, 0.1) is 5.92 Å². The first-order valence-corrected chi connectivity index (χ1v) is 7.93. The Balaban J connectivity index is 1.73. The maximum Gasteiger partial charge on any atom is 0.222 e. The van der Waals surface area contributed by atoms with Crippen LogP contribution in [0.1, 0.15) is 37.7 Å². The molecule has 1 amide bonds. The van der Waals surface area contributed by atoms with Crippen LogP contribution in [-0.2, 0) is 23.0 Å². The largest absolute Gasteiger partial charge is 0.385 e. The highest BCUT2D eigenvalue weighted by atomic mass is 16.5. The average Bonchev–Trinajstić information content (AvgIpc) is 2.91. The van der Waals surface area contributed by atoms with E-state index < -0.39 is 0 Å². The molecule has 21 heavy (non-hydrogen) atoms. The summed E-state index contributed by atoms with van der Waals surface area (Å²) in [5.74, 6) is 0.937. The fourth-order valence-electron chi connectivity index (χ4n) is 3.05. The lowest BCUT2D eigenvalue weighted by Gasteiger charge is -2.33. The van der Waals surface area contributed by atoms with E-state index in [9.17, 15) is 4.79 Å². The molecule has 1 unspecified atom stereocenters. The summed E-state index contributed by atoms with van der Waals surface area (Å²) < 4.78 is 6.89. The summed E-state index contributed by atoms with van der Waals surface area (Å²) in [6.07, 6.45) is 9.85. The lowest BCUT2D eigenvalue weighted by Crippen LogP contribution is -2.40. The molecule has 5 nitrogen and oxygen atoms in total. The Kier molecular flexibility index (Phi) is 6.23. The number of hydrogen-bond acceptors (Lipinski definition) is 3. The number of aromatic nitrogens is 2. The van der Waals surface area contributed by atoms with Crippen molar-refractivity contribution in [1.82, 2.24) is 14.7 Å². The van der Waals surface area contributed by atoms with Crippen molar-refractivity contribution in [3.05, 3.63) is 18.0 Å². The smallest absolute Gasteiger partial charge is 0.222 e. The molecule has 1 saturated heterocycles. The predicted molar refractivity (Wildman–Crippen MR) is 81.9 cm³/mol. The van der Waals surface area contributed by atoms with Crippen LogP contribution < -0.4 is 0 Å². The lowest BCUT2D eigenvalue weighted by atomic mass is 9.93. The molecule has 1 aromatic rings. The van der Waals surface area contributed by atoms with Crippen LogP contribution in [0.4, 0.5) is 0 Å². The number of carbonyl (C=O) groups excluding carboxylic acids is 1. The van der Waals surface area contributed by atoms with Crippen molar-refractivity contribution >= 4 is 5.91 Å². The molecule has 1 atom stereocenters. The van der Waals surface area contributed by atoms with Gasteiger partial charge in [-0.25, -0.2) is 0 Å². The second-order valence-electron chi connectivity index (χ2n) is 6.01. The Hall–Kier alpha value is -1.36. The molecule has 0 spiro atoms. The fraction of sp³-hybridized carbons (Fsp3) is 0.750. The van der Waals surface area contributed by atoms with Gasteiger partial charge in [0.05, 0.1) is 6.20 Å². The van der Waals surface area contributed by atoms with E-state index in [2.05, 4.69) is 10.00 Å². The third-order valence-corrected chi connectivity index (χ3v) is 4.22. The minimum atomic E-state index is 0.287. The van der Waals surface area contributed by atoms with Gasteiger partial charge in [-0.2, -0.15) is 5.10 Å². The van der Waals surface area contributed by atoms with Gasteiger partial charge < -0.3 is 9.64 Å². The number of methoxy groups -OCH3 is 1. The number of amides is 1. The van der Waals surface area contributed by atoms with Crippen LogP contribution >= 0.6 is 0 Å². The van der Waals surface area contributed by atoms with E-state index in [1.54, 1.807) is 11.8 Å². The van der Waals surface area contributed by atoms with Gasteiger partial charge in [-0.05, 0) is 43.6 Å². The molecular formula is C16H27N3O2. The Morgan fingerprint density at radius 3 is 3.10 bits per heavy atom. The van der Waals surface area contributed by atoms with E-state index in [0.29, 0.717) is 12.3 Å². The maximum atomic E-state index is 12.3. The molecule has 118 valence electrons. The molecule has 1 aliphatic heterocycles. The van der Waals surface area contributed by atoms with Crippen molar-refractivity contribution < 1.29 is 9.53 Å². The third kappa shape index (κ3) is 5.16. The molecule has 1 fully saturated rings. The van der Waals surface area contributed by atoms with Gasteiger partial charge in [0.15, 0.2) is 0 Å². The summed E-state index contributed by atoms with van der Waals surface area (Å²) in [5.41, 5.74) is 1.14. The normalized spacial score (nSPS) is 19.0. The van der Waals surface area contributed by atoms with Crippen LogP contribution in [0.5, 0.6) is 0 Å². The van der Waals surface area contributed by atoms with Crippen molar-refractivity contribution in [2.75, 3.05) is 26.8 Å². The van der Waals surface area contributed by atoms with Crippen LogP contribution in [0.25, 0.3) is 0 Å². The Morgan fingerprint density at radius 1 is 1.52 bits per heavy atom. The summed E-state index contributed by atoms with van der Waals surface area (Å²) in [4.78, 5) is 14.4. The van der Waals surface area contributed by atoms with E-state index >= 15 is 0 Å². The maximum absolute atomic E-state index is 12.3. The minimum absolute atomic E-state index is 0.287. The number of rotatable bonds is 7. The summed E-state index contributed by atoms with van der Waals surface area (Å²) in [6, 6.07) is 0. The first-order chi connectivity index (χ1) is 10.2. The fourth-order valence-corrected chi connectivity index (χ4v) is 3.05. The molecule has 0 N–H and O–H groups in total. The van der Waals surface area contributed by atoms with Crippen molar-refractivity contribution in [1.29, 1.82) is 0 Å². The van der Waals surface area contributed by atoms with E-state index in [1.165, 1.54) is 12.8 Å². The number of piperidine rings is 1. The quantitative estimate of drug-likeness (QED) is 0.723. The van der Waals surface area contributed by atoms with Gasteiger partial charge in [0.2, 0.25) is 5.91 Å². The van der Waals surface area contributed by atoms with Crippen LogP contribution in [0.3, 0.4) is 0 Å². The summed E-state index contributed by atoms with van der Waals surface area (Å²) in [6.45, 7) is 2.67. The molecule has 1 aliphatic rings. The van der Waals surface area contributed by atoms with Crippen LogP contribution in [0.15, 0.2) is 12.4 Å². The molecule has 0 aliphatic carbocycles. The Labute approximate surface area is 127 Å². The van der Waals surface area contributed by atoms with Crippen molar-refractivity contribution in [3.8, 4) is 0 Å². The monoisotopic (exact) mass is 293 g/mol. The number of likely N-dealkylation sites (tertiary alicyclic amines) is 1. The Bertz CT molecular complexity index is 444. The molecular weight excluding hydrogens is 266 g/mol. The zero-order valence-electron chi connectivity index (χ0n) is 13.3. The van der Waals surface area contributed by atoms with Gasteiger partial charge in [0.1, 0.15) is 0 Å². The van der Waals surface area contributed by atoms with Crippen molar-refractivity contribution in [3.63, 3.8) is 0 Å². The van der Waals surface area contributed by atoms with Gasteiger partial charge in [-0.15, -0.1) is 0 Å². The van der Waals surface area contributed by atoms with E-state index in [4.69, 9.17) is 4.74 Å². The molecule has 5 heteroatoms. The second kappa shape index (κ2) is 8.17. The summed E-state index contributed by atoms with van der Waals surface area (Å²) in [7, 11) is 3.65. The first-order valence-electron chi connectivity index (χ1n) is 7.93. The minimum Gasteiger partial charge on any atom is -0.385 e.